The van der Waals surface area contributed by atoms with Crippen molar-refractivity contribution in [1.82, 2.24) is 19.8 Å². The molecule has 0 bridgehead atoms. The van der Waals surface area contributed by atoms with Crippen LogP contribution >= 0.6 is 37.2 Å². The van der Waals surface area contributed by atoms with Crippen LogP contribution in [-0.2, 0) is 13.0 Å². The molecule has 5 rings (SSSR count). The quantitative estimate of drug-likeness (QED) is 0.335. The first-order valence-electron chi connectivity index (χ1n) is 12.1. The van der Waals surface area contributed by atoms with E-state index in [2.05, 4.69) is 32.2 Å². The molecule has 1 aliphatic carbocycles. The van der Waals surface area contributed by atoms with Gasteiger partial charge >= 0.3 is 0 Å². The van der Waals surface area contributed by atoms with E-state index in [9.17, 15) is 0 Å². The number of benzene rings is 1. The number of halogens is 3. The van der Waals surface area contributed by atoms with Gasteiger partial charge in [-0.1, -0.05) is 5.16 Å². The van der Waals surface area contributed by atoms with Gasteiger partial charge in [0, 0.05) is 38.4 Å². The highest BCUT2D eigenvalue weighted by atomic mass is 35.5. The number of hydrogen-bond donors (Lipinski definition) is 0. The van der Waals surface area contributed by atoms with Gasteiger partial charge in [0.15, 0.2) is 5.58 Å². The van der Waals surface area contributed by atoms with E-state index in [-0.39, 0.29) is 37.2 Å². The van der Waals surface area contributed by atoms with Crippen LogP contribution in [0.2, 0.25) is 0 Å². The molecule has 1 aliphatic heterocycles. The molecular formula is C25H38Cl3N5O2. The first kappa shape index (κ1) is 29.6. The molecule has 0 unspecified atom stereocenters. The standard InChI is InChI=1S/C25H35N5O2.3ClH/c1-28(2)24-23(31-18-20-4-5-20)9-7-21-22(27-32-25(21)24)8-6-19-10-14-29(15-11-19)16-17-30-13-3-12-26-30;;;/h3,7,9,12-13,19-20H,4-6,8,10-11,14-18H2,1-2H3;3*1H. The minimum Gasteiger partial charge on any atom is -0.491 e. The number of rotatable bonds is 10. The molecule has 7 nitrogen and oxygen atoms in total. The van der Waals surface area contributed by atoms with E-state index in [1.807, 2.05) is 37.2 Å². The highest BCUT2D eigenvalue weighted by Gasteiger charge is 2.25. The van der Waals surface area contributed by atoms with E-state index in [1.54, 1.807) is 0 Å². The zero-order valence-electron chi connectivity index (χ0n) is 20.6. The Morgan fingerprint density at radius 2 is 1.80 bits per heavy atom. The van der Waals surface area contributed by atoms with Crippen LogP contribution in [0.5, 0.6) is 5.75 Å². The Labute approximate surface area is 226 Å². The molecule has 2 aliphatic rings. The Balaban J connectivity index is 0.00000144. The average Bonchev–Trinajstić information content (AvgIpc) is 3.31. The molecule has 35 heavy (non-hydrogen) atoms. The van der Waals surface area contributed by atoms with Crippen molar-refractivity contribution in [1.29, 1.82) is 0 Å². The molecule has 3 aromatic rings. The lowest BCUT2D eigenvalue weighted by atomic mass is 9.91. The summed E-state index contributed by atoms with van der Waals surface area (Å²) in [6, 6.07) is 6.22. The molecule has 1 saturated carbocycles. The lowest BCUT2D eigenvalue weighted by Gasteiger charge is -2.31. The van der Waals surface area contributed by atoms with Crippen LogP contribution in [-0.4, -0.2) is 60.2 Å². The molecular weight excluding hydrogens is 509 g/mol. The van der Waals surface area contributed by atoms with Gasteiger partial charge in [0.05, 0.1) is 18.8 Å². The van der Waals surface area contributed by atoms with Crippen molar-refractivity contribution in [2.75, 3.05) is 45.2 Å². The van der Waals surface area contributed by atoms with E-state index < -0.39 is 0 Å². The van der Waals surface area contributed by atoms with E-state index in [0.717, 1.165) is 66.1 Å². The van der Waals surface area contributed by atoms with Crippen molar-refractivity contribution in [3.63, 3.8) is 0 Å². The van der Waals surface area contributed by atoms with Gasteiger partial charge in [0.1, 0.15) is 11.4 Å². The molecule has 10 heteroatoms. The van der Waals surface area contributed by atoms with Crippen LogP contribution in [0.1, 0.15) is 37.8 Å². The highest BCUT2D eigenvalue weighted by Crippen LogP contribution is 2.39. The van der Waals surface area contributed by atoms with Crippen LogP contribution in [0.4, 0.5) is 5.69 Å². The third-order valence-corrected chi connectivity index (χ3v) is 6.97. The fourth-order valence-corrected chi connectivity index (χ4v) is 4.75. The summed E-state index contributed by atoms with van der Waals surface area (Å²) in [5.74, 6) is 2.39. The summed E-state index contributed by atoms with van der Waals surface area (Å²) in [5.41, 5.74) is 2.94. The summed E-state index contributed by atoms with van der Waals surface area (Å²) < 4.78 is 14.0. The average molecular weight is 547 g/mol. The van der Waals surface area contributed by atoms with Crippen molar-refractivity contribution in [2.24, 2.45) is 11.8 Å². The Bertz CT molecular complexity index is 1020. The smallest absolute Gasteiger partial charge is 0.194 e. The number of likely N-dealkylation sites (tertiary alicyclic amines) is 1. The van der Waals surface area contributed by atoms with Crippen LogP contribution < -0.4 is 9.64 Å². The second kappa shape index (κ2) is 13.6. The zero-order valence-corrected chi connectivity index (χ0v) is 23.0. The van der Waals surface area contributed by atoms with Gasteiger partial charge in [-0.3, -0.25) is 4.68 Å². The molecule has 0 N–H and O–H groups in total. The maximum atomic E-state index is 6.11. The molecule has 3 heterocycles. The van der Waals surface area contributed by atoms with E-state index in [1.165, 1.54) is 45.2 Å². The monoisotopic (exact) mass is 545 g/mol. The number of anilines is 1. The number of aryl methyl sites for hydroxylation is 1. The highest BCUT2D eigenvalue weighted by molar-refractivity contribution is 5.94. The number of ether oxygens (including phenoxy) is 1. The molecule has 0 spiro atoms. The van der Waals surface area contributed by atoms with Crippen LogP contribution in [0.25, 0.3) is 11.0 Å². The fourth-order valence-electron chi connectivity index (χ4n) is 4.75. The second-order valence-corrected chi connectivity index (χ2v) is 9.66. The Kier molecular flexibility index (Phi) is 11.5. The number of nitrogens with zero attached hydrogens (tertiary/aromatic N) is 5. The summed E-state index contributed by atoms with van der Waals surface area (Å²) in [5, 5.41) is 9.90. The maximum absolute atomic E-state index is 6.11. The normalized spacial score (nSPS) is 16.3. The largest absolute Gasteiger partial charge is 0.491 e. The van der Waals surface area contributed by atoms with Gasteiger partial charge in [-0.05, 0) is 81.6 Å². The lowest BCUT2D eigenvalue weighted by molar-refractivity contribution is 0.172. The van der Waals surface area contributed by atoms with Crippen molar-refractivity contribution >= 4 is 53.9 Å². The van der Waals surface area contributed by atoms with Crippen LogP contribution in [0.3, 0.4) is 0 Å². The van der Waals surface area contributed by atoms with Gasteiger partial charge in [0.2, 0.25) is 0 Å². The minimum absolute atomic E-state index is 0. The second-order valence-electron chi connectivity index (χ2n) is 9.66. The van der Waals surface area contributed by atoms with Crippen LogP contribution in [0, 0.1) is 11.8 Å². The first-order valence-corrected chi connectivity index (χ1v) is 12.1. The maximum Gasteiger partial charge on any atom is 0.194 e. The molecule has 196 valence electrons. The van der Waals surface area contributed by atoms with Gasteiger partial charge < -0.3 is 19.1 Å². The number of hydrogen-bond acceptors (Lipinski definition) is 6. The first-order chi connectivity index (χ1) is 15.7. The molecule has 0 atom stereocenters. The summed E-state index contributed by atoms with van der Waals surface area (Å²) in [6.07, 6.45) is 11.1. The van der Waals surface area contributed by atoms with E-state index >= 15 is 0 Å². The Morgan fingerprint density at radius 3 is 2.46 bits per heavy atom. The van der Waals surface area contributed by atoms with E-state index in [4.69, 9.17) is 9.26 Å². The Morgan fingerprint density at radius 1 is 1.03 bits per heavy atom. The van der Waals surface area contributed by atoms with Crippen molar-refractivity contribution < 1.29 is 9.26 Å². The van der Waals surface area contributed by atoms with Crippen molar-refractivity contribution in [3.8, 4) is 5.75 Å². The predicted molar refractivity (Wildman–Crippen MR) is 148 cm³/mol. The predicted octanol–water partition coefficient (Wildman–Crippen LogP) is 5.49. The summed E-state index contributed by atoms with van der Waals surface area (Å²) in [6.45, 7) is 5.22. The molecule has 0 radical (unpaired) electrons. The molecule has 2 fully saturated rings. The van der Waals surface area contributed by atoms with E-state index in [0.29, 0.717) is 0 Å². The molecule has 2 aromatic heterocycles. The zero-order chi connectivity index (χ0) is 21.9. The van der Waals surface area contributed by atoms with Gasteiger partial charge in [-0.15, -0.1) is 37.2 Å². The van der Waals surface area contributed by atoms with Crippen molar-refractivity contribution in [2.45, 2.75) is 45.1 Å². The summed E-state index contributed by atoms with van der Waals surface area (Å²) in [4.78, 5) is 4.65. The number of aromatic nitrogens is 3. The topological polar surface area (TPSA) is 59.6 Å². The van der Waals surface area contributed by atoms with Crippen molar-refractivity contribution in [3.05, 3.63) is 36.3 Å². The SMILES string of the molecule is CN(C)c1c(OCC2CC2)ccc2c(CCC3CCN(CCn4cccn4)CC3)noc12.Cl.Cl.Cl. The third kappa shape index (κ3) is 7.42. The van der Waals surface area contributed by atoms with Gasteiger partial charge in [-0.2, -0.15) is 5.10 Å². The van der Waals surface area contributed by atoms with Gasteiger partial charge in [-0.25, -0.2) is 0 Å². The fraction of sp³-hybridized carbons (Fsp3) is 0.600. The summed E-state index contributed by atoms with van der Waals surface area (Å²) in [7, 11) is 4.09. The third-order valence-electron chi connectivity index (χ3n) is 6.97. The number of fused-ring (bicyclic) bond motifs is 1. The molecule has 1 aromatic carbocycles. The molecule has 1 saturated heterocycles. The van der Waals surface area contributed by atoms with Crippen LogP contribution in [0.15, 0.2) is 35.1 Å². The summed E-state index contributed by atoms with van der Waals surface area (Å²) >= 11 is 0. The molecule has 0 amide bonds. The Hall–Kier alpha value is -1.67. The minimum atomic E-state index is 0. The number of piperidine rings is 1. The van der Waals surface area contributed by atoms with Gasteiger partial charge in [0.25, 0.3) is 0 Å². The lowest BCUT2D eigenvalue weighted by Crippen LogP contribution is -2.36.